The molecule has 0 aliphatic rings. The Bertz CT molecular complexity index is 634. The highest BCUT2D eigenvalue weighted by Gasteiger charge is 2.14. The van der Waals surface area contributed by atoms with E-state index in [4.69, 9.17) is 0 Å². The quantitative estimate of drug-likeness (QED) is 0.861. The van der Waals surface area contributed by atoms with Gasteiger partial charge in [-0.3, -0.25) is 4.79 Å². The normalized spacial score (nSPS) is 12.0. The van der Waals surface area contributed by atoms with Gasteiger partial charge in [0.05, 0.1) is 5.25 Å². The molecule has 0 saturated heterocycles. The van der Waals surface area contributed by atoms with Gasteiger partial charge < -0.3 is 5.32 Å². The SMILES string of the molecule is CC(SCCc1ccccc1)C(=O)Nc1ccc(F)c(F)c1. The van der Waals surface area contributed by atoms with Crippen molar-refractivity contribution in [3.05, 3.63) is 65.7 Å². The zero-order valence-electron chi connectivity index (χ0n) is 12.2. The van der Waals surface area contributed by atoms with Crippen molar-refractivity contribution in [1.82, 2.24) is 0 Å². The smallest absolute Gasteiger partial charge is 0.237 e. The van der Waals surface area contributed by atoms with Crippen LogP contribution in [0, 0.1) is 11.6 Å². The van der Waals surface area contributed by atoms with E-state index in [9.17, 15) is 13.6 Å². The molecule has 1 N–H and O–H groups in total. The maximum absolute atomic E-state index is 13.1. The van der Waals surface area contributed by atoms with E-state index in [0.717, 1.165) is 24.3 Å². The van der Waals surface area contributed by atoms with Crippen LogP contribution in [0.1, 0.15) is 12.5 Å². The van der Waals surface area contributed by atoms with E-state index in [0.29, 0.717) is 0 Å². The first-order chi connectivity index (χ1) is 10.6. The number of hydrogen-bond acceptors (Lipinski definition) is 2. The Balaban J connectivity index is 1.80. The number of carbonyl (C=O) groups is 1. The van der Waals surface area contributed by atoms with Crippen molar-refractivity contribution in [2.24, 2.45) is 0 Å². The summed E-state index contributed by atoms with van der Waals surface area (Å²) in [4.78, 5) is 12.0. The third-order valence-corrected chi connectivity index (χ3v) is 4.31. The predicted molar refractivity (Wildman–Crippen MR) is 87.1 cm³/mol. The van der Waals surface area contributed by atoms with Crippen LogP contribution in [0.5, 0.6) is 0 Å². The fourth-order valence-corrected chi connectivity index (χ4v) is 2.81. The first kappa shape index (κ1) is 16.5. The minimum absolute atomic E-state index is 0.218. The summed E-state index contributed by atoms with van der Waals surface area (Å²) in [6.45, 7) is 1.80. The van der Waals surface area contributed by atoms with Crippen LogP contribution in [0.3, 0.4) is 0 Å². The minimum Gasteiger partial charge on any atom is -0.325 e. The third-order valence-electron chi connectivity index (χ3n) is 3.16. The molecular formula is C17H17F2NOS. The molecule has 2 rings (SSSR count). The van der Waals surface area contributed by atoms with Crippen LogP contribution in [0.25, 0.3) is 0 Å². The maximum Gasteiger partial charge on any atom is 0.237 e. The minimum atomic E-state index is -0.970. The number of carbonyl (C=O) groups excluding carboxylic acids is 1. The molecule has 2 aromatic rings. The topological polar surface area (TPSA) is 29.1 Å². The predicted octanol–water partition coefficient (Wildman–Crippen LogP) is 4.27. The second kappa shape index (κ2) is 7.94. The van der Waals surface area contributed by atoms with Crippen molar-refractivity contribution >= 4 is 23.4 Å². The van der Waals surface area contributed by atoms with Crippen molar-refractivity contribution in [2.45, 2.75) is 18.6 Å². The summed E-state index contributed by atoms with van der Waals surface area (Å²) < 4.78 is 25.9. The molecule has 2 aromatic carbocycles. The van der Waals surface area contributed by atoms with E-state index in [2.05, 4.69) is 5.32 Å². The lowest BCUT2D eigenvalue weighted by atomic mass is 10.2. The van der Waals surface area contributed by atoms with Crippen LogP contribution >= 0.6 is 11.8 Å². The van der Waals surface area contributed by atoms with E-state index in [1.54, 1.807) is 6.92 Å². The molecule has 0 saturated carbocycles. The first-order valence-corrected chi connectivity index (χ1v) is 8.02. The zero-order chi connectivity index (χ0) is 15.9. The van der Waals surface area contributed by atoms with Crippen LogP contribution < -0.4 is 5.32 Å². The number of amides is 1. The molecule has 0 aliphatic carbocycles. The number of anilines is 1. The summed E-state index contributed by atoms with van der Waals surface area (Å²) >= 11 is 1.53. The summed E-state index contributed by atoms with van der Waals surface area (Å²) in [6.07, 6.45) is 0.883. The van der Waals surface area contributed by atoms with Gasteiger partial charge in [-0.1, -0.05) is 30.3 Å². The highest BCUT2D eigenvalue weighted by atomic mass is 32.2. The Morgan fingerprint density at radius 1 is 1.14 bits per heavy atom. The molecule has 0 aliphatic heterocycles. The molecule has 0 bridgehead atoms. The lowest BCUT2D eigenvalue weighted by Crippen LogP contribution is -2.23. The molecule has 1 unspecified atom stereocenters. The van der Waals surface area contributed by atoms with E-state index in [1.807, 2.05) is 30.3 Å². The first-order valence-electron chi connectivity index (χ1n) is 6.97. The van der Waals surface area contributed by atoms with Gasteiger partial charge in [-0.15, -0.1) is 11.8 Å². The average molecular weight is 321 g/mol. The summed E-state index contributed by atoms with van der Waals surface area (Å²) in [7, 11) is 0. The second-order valence-corrected chi connectivity index (χ2v) is 6.32. The zero-order valence-corrected chi connectivity index (χ0v) is 13.0. The Hall–Kier alpha value is -1.88. The summed E-state index contributed by atoms with van der Waals surface area (Å²) in [5, 5.41) is 2.33. The number of thioether (sulfide) groups is 1. The Morgan fingerprint density at radius 2 is 1.86 bits per heavy atom. The monoisotopic (exact) mass is 321 g/mol. The van der Waals surface area contributed by atoms with E-state index in [1.165, 1.54) is 23.4 Å². The van der Waals surface area contributed by atoms with Crippen molar-refractivity contribution in [3.63, 3.8) is 0 Å². The Kier molecular flexibility index (Phi) is 5.95. The Morgan fingerprint density at radius 3 is 2.55 bits per heavy atom. The number of hydrogen-bond donors (Lipinski definition) is 1. The van der Waals surface area contributed by atoms with Gasteiger partial charge in [0.1, 0.15) is 0 Å². The number of aryl methyl sites for hydroxylation is 1. The molecule has 0 radical (unpaired) electrons. The van der Waals surface area contributed by atoms with Gasteiger partial charge in [0.15, 0.2) is 11.6 Å². The second-order valence-electron chi connectivity index (χ2n) is 4.87. The fourth-order valence-electron chi connectivity index (χ4n) is 1.89. The van der Waals surface area contributed by atoms with E-state index in [-0.39, 0.29) is 16.8 Å². The van der Waals surface area contributed by atoms with Gasteiger partial charge in [0, 0.05) is 11.8 Å². The summed E-state index contributed by atoms with van der Waals surface area (Å²) in [5.41, 5.74) is 1.49. The largest absolute Gasteiger partial charge is 0.325 e. The number of nitrogens with one attached hydrogen (secondary N) is 1. The van der Waals surface area contributed by atoms with Gasteiger partial charge in [0.25, 0.3) is 0 Å². The Labute approximate surface area is 132 Å². The molecule has 0 heterocycles. The highest BCUT2D eigenvalue weighted by Crippen LogP contribution is 2.17. The standard InChI is InChI=1S/C17H17F2NOS/c1-12(22-10-9-13-5-3-2-4-6-13)17(21)20-14-7-8-15(18)16(19)11-14/h2-8,11-12H,9-10H2,1H3,(H,20,21). The van der Waals surface area contributed by atoms with Crippen LogP contribution in [0.15, 0.2) is 48.5 Å². The lowest BCUT2D eigenvalue weighted by Gasteiger charge is -2.12. The van der Waals surface area contributed by atoms with Crippen LogP contribution in [-0.4, -0.2) is 16.9 Å². The van der Waals surface area contributed by atoms with Crippen molar-refractivity contribution in [2.75, 3.05) is 11.1 Å². The van der Waals surface area contributed by atoms with Crippen molar-refractivity contribution in [1.29, 1.82) is 0 Å². The lowest BCUT2D eigenvalue weighted by molar-refractivity contribution is -0.115. The van der Waals surface area contributed by atoms with Crippen molar-refractivity contribution < 1.29 is 13.6 Å². The van der Waals surface area contributed by atoms with E-state index >= 15 is 0 Å². The van der Waals surface area contributed by atoms with E-state index < -0.39 is 11.6 Å². The van der Waals surface area contributed by atoms with Gasteiger partial charge >= 0.3 is 0 Å². The molecular weight excluding hydrogens is 304 g/mol. The molecule has 5 heteroatoms. The molecule has 2 nitrogen and oxygen atoms in total. The van der Waals surface area contributed by atoms with Gasteiger partial charge in [0.2, 0.25) is 5.91 Å². The molecule has 0 spiro atoms. The van der Waals surface area contributed by atoms with Gasteiger partial charge in [-0.05, 0) is 36.8 Å². The number of benzene rings is 2. The summed E-state index contributed by atoms with van der Waals surface area (Å²) in [6, 6.07) is 13.4. The number of rotatable bonds is 6. The highest BCUT2D eigenvalue weighted by molar-refractivity contribution is 8.00. The molecule has 116 valence electrons. The molecule has 22 heavy (non-hydrogen) atoms. The average Bonchev–Trinajstić information content (AvgIpc) is 2.52. The molecule has 0 aromatic heterocycles. The maximum atomic E-state index is 13.1. The fraction of sp³-hybridized carbons (Fsp3) is 0.235. The van der Waals surface area contributed by atoms with Crippen molar-refractivity contribution in [3.8, 4) is 0 Å². The summed E-state index contributed by atoms with van der Waals surface area (Å²) in [5.74, 6) is -1.30. The molecule has 1 atom stereocenters. The number of halogens is 2. The van der Waals surface area contributed by atoms with Crippen LogP contribution in [0.4, 0.5) is 14.5 Å². The van der Waals surface area contributed by atoms with Gasteiger partial charge in [-0.25, -0.2) is 8.78 Å². The van der Waals surface area contributed by atoms with Crippen LogP contribution in [-0.2, 0) is 11.2 Å². The molecule has 0 fully saturated rings. The van der Waals surface area contributed by atoms with Gasteiger partial charge in [-0.2, -0.15) is 0 Å². The van der Waals surface area contributed by atoms with Crippen LogP contribution in [0.2, 0.25) is 0 Å². The molecule has 1 amide bonds. The third kappa shape index (κ3) is 4.84.